The molecule has 4 nitrogen and oxygen atoms in total. The molecule has 0 saturated heterocycles. The molecule has 0 heterocycles. The van der Waals surface area contributed by atoms with Gasteiger partial charge in [-0.2, -0.15) is 5.26 Å². The van der Waals surface area contributed by atoms with Crippen LogP contribution in [0.1, 0.15) is 13.8 Å². The number of rotatable bonds is 0. The Morgan fingerprint density at radius 2 is 1.92 bits per heavy atom. The highest BCUT2D eigenvalue weighted by atomic mass is 16.2. The van der Waals surface area contributed by atoms with E-state index in [1.807, 2.05) is 0 Å². The Morgan fingerprint density at radius 1 is 1.42 bits per heavy atom. The zero-order chi connectivity index (χ0) is 9.52. The van der Waals surface area contributed by atoms with E-state index in [1.54, 1.807) is 6.07 Å². The van der Waals surface area contributed by atoms with E-state index in [1.165, 1.54) is 13.8 Å². The zero-order valence-electron chi connectivity index (χ0n) is 6.84. The predicted molar refractivity (Wildman–Crippen MR) is 40.6 cm³/mol. The predicted octanol–water partition coefficient (Wildman–Crippen LogP) is -0.0992. The average molecular weight is 164 g/mol. The summed E-state index contributed by atoms with van der Waals surface area (Å²) in [7, 11) is 0. The van der Waals surface area contributed by atoms with Crippen LogP contribution in [0.25, 0.3) is 0 Å². The van der Waals surface area contributed by atoms with E-state index in [2.05, 4.69) is 0 Å². The summed E-state index contributed by atoms with van der Waals surface area (Å²) in [6.07, 6.45) is 0. The standard InChI is InChI=1S/C8H8N2O2/c1-4-5(10)7(12)8(2,3-9)6(4)11/h10H2,1-2H3. The van der Waals surface area contributed by atoms with Crippen LogP contribution in [0, 0.1) is 16.7 Å². The number of nitrogens with zero attached hydrogens (tertiary/aromatic N) is 1. The molecular weight excluding hydrogens is 156 g/mol. The molecule has 0 amide bonds. The quantitative estimate of drug-likeness (QED) is 0.507. The molecule has 62 valence electrons. The summed E-state index contributed by atoms with van der Waals surface area (Å²) in [6, 6.07) is 1.68. The van der Waals surface area contributed by atoms with Crippen molar-refractivity contribution in [3.8, 4) is 6.07 Å². The molecule has 0 aromatic heterocycles. The molecule has 12 heavy (non-hydrogen) atoms. The highest BCUT2D eigenvalue weighted by Gasteiger charge is 2.49. The van der Waals surface area contributed by atoms with Crippen molar-refractivity contribution in [2.75, 3.05) is 0 Å². The van der Waals surface area contributed by atoms with Crippen molar-refractivity contribution in [2.24, 2.45) is 11.1 Å². The fraction of sp³-hybridized carbons (Fsp3) is 0.375. The van der Waals surface area contributed by atoms with Gasteiger partial charge in [0.05, 0.1) is 11.8 Å². The molecule has 0 saturated carbocycles. The molecule has 0 aromatic carbocycles. The van der Waals surface area contributed by atoms with Gasteiger partial charge >= 0.3 is 0 Å². The molecule has 0 bridgehead atoms. The van der Waals surface area contributed by atoms with Gasteiger partial charge in [-0.05, 0) is 13.8 Å². The molecule has 1 aliphatic carbocycles. The molecule has 1 unspecified atom stereocenters. The van der Waals surface area contributed by atoms with Gasteiger partial charge in [0, 0.05) is 5.57 Å². The molecule has 0 aromatic rings. The molecule has 1 rings (SSSR count). The molecule has 0 radical (unpaired) electrons. The van der Waals surface area contributed by atoms with E-state index in [-0.39, 0.29) is 11.3 Å². The van der Waals surface area contributed by atoms with Crippen molar-refractivity contribution in [1.29, 1.82) is 5.26 Å². The first-order valence-electron chi connectivity index (χ1n) is 3.42. The SMILES string of the molecule is CC1=C(N)C(=O)C(C)(C#N)C1=O. The molecule has 0 fully saturated rings. The molecule has 1 aliphatic rings. The molecular formula is C8H8N2O2. The molecule has 0 spiro atoms. The summed E-state index contributed by atoms with van der Waals surface area (Å²) in [5, 5.41) is 8.63. The minimum atomic E-state index is -1.58. The van der Waals surface area contributed by atoms with E-state index in [0.717, 1.165) is 0 Å². The van der Waals surface area contributed by atoms with Crippen LogP contribution in [0.15, 0.2) is 11.3 Å². The van der Waals surface area contributed by atoms with Gasteiger partial charge in [-0.25, -0.2) is 0 Å². The maximum atomic E-state index is 11.3. The van der Waals surface area contributed by atoms with Crippen LogP contribution in [0.2, 0.25) is 0 Å². The van der Waals surface area contributed by atoms with Gasteiger partial charge in [0.2, 0.25) is 5.78 Å². The number of carbonyl (C=O) groups is 2. The number of carbonyl (C=O) groups excluding carboxylic acids is 2. The number of hydrogen-bond acceptors (Lipinski definition) is 4. The maximum Gasteiger partial charge on any atom is 0.206 e. The second-order valence-electron chi connectivity index (χ2n) is 2.93. The van der Waals surface area contributed by atoms with Crippen molar-refractivity contribution < 1.29 is 9.59 Å². The second-order valence-corrected chi connectivity index (χ2v) is 2.93. The van der Waals surface area contributed by atoms with E-state index >= 15 is 0 Å². The molecule has 1 atom stereocenters. The third kappa shape index (κ3) is 0.706. The smallest absolute Gasteiger partial charge is 0.206 e. The third-order valence-electron chi connectivity index (χ3n) is 2.12. The Labute approximate surface area is 69.7 Å². The van der Waals surface area contributed by atoms with Crippen molar-refractivity contribution in [3.63, 3.8) is 0 Å². The van der Waals surface area contributed by atoms with Gasteiger partial charge in [0.25, 0.3) is 0 Å². The van der Waals surface area contributed by atoms with Gasteiger partial charge in [0.1, 0.15) is 0 Å². The first-order valence-corrected chi connectivity index (χ1v) is 3.42. The minimum Gasteiger partial charge on any atom is -0.395 e. The Hall–Kier alpha value is -1.63. The molecule has 2 N–H and O–H groups in total. The number of Topliss-reactive ketones (excluding diaryl/α,β-unsaturated/α-hetero) is 2. The van der Waals surface area contributed by atoms with Gasteiger partial charge in [0.15, 0.2) is 11.2 Å². The normalized spacial score (nSPS) is 29.4. The topological polar surface area (TPSA) is 83.9 Å². The Bertz CT molecular complexity index is 323. The summed E-state index contributed by atoms with van der Waals surface area (Å²) in [6.45, 7) is 2.75. The van der Waals surface area contributed by atoms with E-state index in [9.17, 15) is 9.59 Å². The number of ketones is 2. The highest BCUT2D eigenvalue weighted by molar-refractivity contribution is 6.28. The summed E-state index contributed by atoms with van der Waals surface area (Å²) in [4.78, 5) is 22.6. The number of allylic oxidation sites excluding steroid dienone is 2. The van der Waals surface area contributed by atoms with E-state index < -0.39 is 17.0 Å². The lowest BCUT2D eigenvalue weighted by atomic mass is 9.86. The highest BCUT2D eigenvalue weighted by Crippen LogP contribution is 2.32. The molecule has 4 heteroatoms. The largest absolute Gasteiger partial charge is 0.395 e. The first kappa shape index (κ1) is 8.47. The fourth-order valence-corrected chi connectivity index (χ4v) is 1.14. The van der Waals surface area contributed by atoms with Crippen LogP contribution in [0.5, 0.6) is 0 Å². The lowest BCUT2D eigenvalue weighted by molar-refractivity contribution is -0.129. The average Bonchev–Trinajstić information content (AvgIpc) is 2.22. The van der Waals surface area contributed by atoms with Crippen LogP contribution in [-0.4, -0.2) is 11.6 Å². The van der Waals surface area contributed by atoms with Gasteiger partial charge < -0.3 is 5.73 Å². The van der Waals surface area contributed by atoms with Crippen molar-refractivity contribution in [2.45, 2.75) is 13.8 Å². The van der Waals surface area contributed by atoms with Gasteiger partial charge in [-0.1, -0.05) is 0 Å². The van der Waals surface area contributed by atoms with E-state index in [0.29, 0.717) is 0 Å². The van der Waals surface area contributed by atoms with Crippen molar-refractivity contribution >= 4 is 11.6 Å². The van der Waals surface area contributed by atoms with Crippen LogP contribution in [0.3, 0.4) is 0 Å². The Kier molecular flexibility index (Phi) is 1.54. The van der Waals surface area contributed by atoms with Crippen LogP contribution < -0.4 is 5.73 Å². The summed E-state index contributed by atoms with van der Waals surface area (Å²) in [5.74, 6) is -1.06. The summed E-state index contributed by atoms with van der Waals surface area (Å²) >= 11 is 0. The van der Waals surface area contributed by atoms with Crippen molar-refractivity contribution in [1.82, 2.24) is 0 Å². The summed E-state index contributed by atoms with van der Waals surface area (Å²) < 4.78 is 0. The second kappa shape index (κ2) is 2.18. The lowest BCUT2D eigenvalue weighted by Gasteiger charge is -2.08. The van der Waals surface area contributed by atoms with Crippen LogP contribution in [0.4, 0.5) is 0 Å². The van der Waals surface area contributed by atoms with Gasteiger partial charge in [-0.3, -0.25) is 9.59 Å². The number of hydrogen-bond donors (Lipinski definition) is 1. The number of nitriles is 1. The fourth-order valence-electron chi connectivity index (χ4n) is 1.14. The van der Waals surface area contributed by atoms with Crippen LogP contribution >= 0.6 is 0 Å². The van der Waals surface area contributed by atoms with Crippen molar-refractivity contribution in [3.05, 3.63) is 11.3 Å². The first-order chi connectivity index (χ1) is 5.45. The monoisotopic (exact) mass is 164 g/mol. The molecule has 0 aliphatic heterocycles. The van der Waals surface area contributed by atoms with Crippen LogP contribution in [-0.2, 0) is 9.59 Å². The van der Waals surface area contributed by atoms with E-state index in [4.69, 9.17) is 11.0 Å². The number of nitrogens with two attached hydrogens (primary N) is 1. The lowest BCUT2D eigenvalue weighted by Crippen LogP contribution is -2.30. The Balaban J connectivity index is 3.33. The maximum absolute atomic E-state index is 11.3. The Morgan fingerprint density at radius 3 is 2.08 bits per heavy atom. The zero-order valence-corrected chi connectivity index (χ0v) is 6.84. The third-order valence-corrected chi connectivity index (χ3v) is 2.12. The summed E-state index contributed by atoms with van der Waals surface area (Å²) in [5.41, 5.74) is 3.86. The minimum absolute atomic E-state index is 0.0796. The van der Waals surface area contributed by atoms with Gasteiger partial charge in [-0.15, -0.1) is 0 Å².